The van der Waals surface area contributed by atoms with Gasteiger partial charge < -0.3 is 16.2 Å². The highest BCUT2D eigenvalue weighted by Gasteiger charge is 1.99. The van der Waals surface area contributed by atoms with Gasteiger partial charge in [-0.2, -0.15) is 5.10 Å². The van der Waals surface area contributed by atoms with Gasteiger partial charge in [-0.05, 0) is 29.7 Å². The molecule has 0 radical (unpaired) electrons. The fourth-order valence-corrected chi connectivity index (χ4v) is 2.63. The van der Waals surface area contributed by atoms with Gasteiger partial charge in [-0.25, -0.2) is 0 Å². The molecule has 2 aromatic carbocycles. The Labute approximate surface area is 153 Å². The topological polar surface area (TPSA) is 85.7 Å². The minimum absolute atomic E-state index is 0.474. The van der Waals surface area contributed by atoms with Gasteiger partial charge in [0.15, 0.2) is 5.17 Å². The van der Waals surface area contributed by atoms with Gasteiger partial charge in [-0.15, -0.1) is 0 Å². The van der Waals surface area contributed by atoms with Gasteiger partial charge in [-0.3, -0.25) is 5.43 Å². The van der Waals surface area contributed by atoms with E-state index in [1.54, 1.807) is 0 Å². The zero-order valence-corrected chi connectivity index (χ0v) is 15.0. The van der Waals surface area contributed by atoms with Gasteiger partial charge in [0.1, 0.15) is 5.75 Å². The predicted octanol–water partition coefficient (Wildman–Crippen LogP) is 3.14. The molecule has 0 saturated heterocycles. The third-order valence-corrected chi connectivity index (χ3v) is 4.24. The van der Waals surface area contributed by atoms with Crippen molar-refractivity contribution in [3.63, 3.8) is 0 Å². The van der Waals surface area contributed by atoms with Crippen molar-refractivity contribution in [2.75, 3.05) is 12.4 Å². The Morgan fingerprint density at radius 3 is 2.72 bits per heavy atom. The van der Waals surface area contributed by atoms with E-state index < -0.39 is 0 Å². The normalized spacial score (nSPS) is 11.2. The Morgan fingerprint density at radius 2 is 1.96 bits per heavy atom. The molecule has 5 N–H and O–H groups in total. The summed E-state index contributed by atoms with van der Waals surface area (Å²) in [6.07, 6.45) is 0.868. The van der Waals surface area contributed by atoms with Crippen molar-refractivity contribution in [1.29, 1.82) is 0 Å². The number of hydrazone groups is 1. The Balaban J connectivity index is 1.64. The summed E-state index contributed by atoms with van der Waals surface area (Å²) in [7, 11) is 0. The molecule has 0 fully saturated rings. The van der Waals surface area contributed by atoms with Crippen LogP contribution in [-0.2, 0) is 6.54 Å². The largest absolute Gasteiger partial charge is 0.494 e. The number of rotatable bonds is 9. The van der Waals surface area contributed by atoms with E-state index in [4.69, 9.17) is 16.2 Å². The van der Waals surface area contributed by atoms with E-state index in [-0.39, 0.29) is 0 Å². The molecule has 132 valence electrons. The number of thioether (sulfide) groups is 1. The molecular formula is C19H24N4OS. The van der Waals surface area contributed by atoms with Crippen LogP contribution in [0.3, 0.4) is 0 Å². The molecule has 0 saturated carbocycles. The molecule has 5 nitrogen and oxygen atoms in total. The van der Waals surface area contributed by atoms with E-state index >= 15 is 0 Å². The van der Waals surface area contributed by atoms with Crippen LogP contribution < -0.4 is 21.6 Å². The summed E-state index contributed by atoms with van der Waals surface area (Å²) in [6.45, 7) is 5.08. The van der Waals surface area contributed by atoms with Crippen LogP contribution in [0.2, 0.25) is 0 Å². The van der Waals surface area contributed by atoms with Gasteiger partial charge >= 0.3 is 0 Å². The van der Waals surface area contributed by atoms with E-state index in [0.717, 1.165) is 29.1 Å². The van der Waals surface area contributed by atoms with E-state index in [2.05, 4.69) is 17.1 Å². The fraction of sp³-hybridized carbons (Fsp3) is 0.211. The average Bonchev–Trinajstić information content (AvgIpc) is 2.66. The summed E-state index contributed by atoms with van der Waals surface area (Å²) in [5, 5.41) is 4.61. The second-order valence-corrected chi connectivity index (χ2v) is 6.42. The van der Waals surface area contributed by atoms with Crippen LogP contribution in [0.5, 0.6) is 5.75 Å². The molecule has 0 amide bonds. The van der Waals surface area contributed by atoms with Crippen molar-refractivity contribution < 1.29 is 4.74 Å². The van der Waals surface area contributed by atoms with Crippen molar-refractivity contribution in [2.45, 2.75) is 13.0 Å². The molecule has 0 aromatic heterocycles. The molecule has 0 atom stereocenters. The Morgan fingerprint density at radius 1 is 1.16 bits per heavy atom. The molecular weight excluding hydrogens is 332 g/mol. The lowest BCUT2D eigenvalue weighted by molar-refractivity contribution is 0.318. The second kappa shape index (κ2) is 10.4. The first-order chi connectivity index (χ1) is 12.2. The Kier molecular flexibility index (Phi) is 7.88. The van der Waals surface area contributed by atoms with Gasteiger partial charge in [0, 0.05) is 12.3 Å². The fourth-order valence-electron chi connectivity index (χ4n) is 2.05. The smallest absolute Gasteiger partial charge is 0.178 e. The molecule has 0 bridgehead atoms. The maximum Gasteiger partial charge on any atom is 0.178 e. The monoisotopic (exact) mass is 356 g/mol. The summed E-state index contributed by atoms with van der Waals surface area (Å²) < 4.78 is 5.71. The minimum atomic E-state index is 0.474. The first-order valence-electron chi connectivity index (χ1n) is 8.07. The molecule has 0 aliphatic carbocycles. The number of benzene rings is 2. The number of nitrogens with one attached hydrogen (secondary N) is 1. The number of hydrogen-bond donors (Lipinski definition) is 3. The van der Waals surface area contributed by atoms with Crippen molar-refractivity contribution in [2.24, 2.45) is 16.6 Å². The lowest BCUT2D eigenvalue weighted by Gasteiger charge is -2.08. The lowest BCUT2D eigenvalue weighted by atomic mass is 10.2. The third kappa shape index (κ3) is 6.91. The van der Waals surface area contributed by atoms with E-state index in [1.165, 1.54) is 11.8 Å². The summed E-state index contributed by atoms with van der Waals surface area (Å²) in [5.41, 5.74) is 17.1. The van der Waals surface area contributed by atoms with E-state index in [0.29, 0.717) is 24.0 Å². The minimum Gasteiger partial charge on any atom is -0.494 e. The Bertz CT molecular complexity index is 704. The molecule has 2 rings (SSSR count). The second-order valence-electron chi connectivity index (χ2n) is 5.31. The number of ether oxygens (including phenoxy) is 1. The quantitative estimate of drug-likeness (QED) is 0.278. The van der Waals surface area contributed by atoms with Crippen LogP contribution in [0.1, 0.15) is 17.5 Å². The standard InChI is InChI=1S/C19H24N4OS/c1-15(17-8-3-2-4-9-17)22-23-19(21)25-12-6-11-24-18-10-5-7-16(13-18)14-20/h2-5,7-10,13,22H,1,6,11-12,14,20H2,(H2,21,23). The molecule has 25 heavy (non-hydrogen) atoms. The summed E-state index contributed by atoms with van der Waals surface area (Å²) in [6, 6.07) is 17.6. The third-order valence-electron chi connectivity index (χ3n) is 3.36. The zero-order chi connectivity index (χ0) is 17.9. The number of nitrogens with zero attached hydrogens (tertiary/aromatic N) is 1. The molecule has 0 heterocycles. The lowest BCUT2D eigenvalue weighted by Crippen LogP contribution is -2.14. The van der Waals surface area contributed by atoms with Gasteiger partial charge in [-0.1, -0.05) is 60.8 Å². The molecule has 0 aliphatic rings. The highest BCUT2D eigenvalue weighted by atomic mass is 32.2. The number of hydrogen-bond acceptors (Lipinski definition) is 5. The number of amidine groups is 1. The van der Waals surface area contributed by atoms with Crippen molar-refractivity contribution in [3.8, 4) is 5.75 Å². The molecule has 6 heteroatoms. The molecule has 0 spiro atoms. The van der Waals surface area contributed by atoms with Crippen LogP contribution in [0.25, 0.3) is 5.70 Å². The van der Waals surface area contributed by atoms with E-state index in [1.807, 2.05) is 54.6 Å². The maximum atomic E-state index is 5.89. The van der Waals surface area contributed by atoms with Gasteiger partial charge in [0.2, 0.25) is 0 Å². The predicted molar refractivity (Wildman–Crippen MR) is 107 cm³/mol. The van der Waals surface area contributed by atoms with Gasteiger partial charge in [0.25, 0.3) is 0 Å². The van der Waals surface area contributed by atoms with Gasteiger partial charge in [0.05, 0.1) is 12.3 Å². The van der Waals surface area contributed by atoms with Crippen LogP contribution in [-0.4, -0.2) is 17.5 Å². The first-order valence-corrected chi connectivity index (χ1v) is 9.05. The maximum absolute atomic E-state index is 5.89. The van der Waals surface area contributed by atoms with E-state index in [9.17, 15) is 0 Å². The van der Waals surface area contributed by atoms with Crippen LogP contribution in [0, 0.1) is 0 Å². The van der Waals surface area contributed by atoms with Crippen LogP contribution >= 0.6 is 11.8 Å². The molecule has 0 aliphatic heterocycles. The summed E-state index contributed by atoms with van der Waals surface area (Å²) >= 11 is 1.48. The number of nitrogens with two attached hydrogens (primary N) is 2. The van der Waals surface area contributed by atoms with Crippen LogP contribution in [0.4, 0.5) is 0 Å². The SMILES string of the molecule is C=C(N/N=C(\N)SCCCOc1cccc(CN)c1)c1ccccc1. The van der Waals surface area contributed by atoms with Crippen molar-refractivity contribution in [3.05, 3.63) is 72.3 Å². The first kappa shape index (κ1) is 18.9. The summed E-state index contributed by atoms with van der Waals surface area (Å²) in [4.78, 5) is 0. The van der Waals surface area contributed by atoms with Crippen molar-refractivity contribution >= 4 is 22.6 Å². The highest BCUT2D eigenvalue weighted by molar-refractivity contribution is 8.13. The highest BCUT2D eigenvalue weighted by Crippen LogP contribution is 2.14. The Hall–Kier alpha value is -2.44. The molecule has 0 unspecified atom stereocenters. The average molecular weight is 356 g/mol. The van der Waals surface area contributed by atoms with Crippen LogP contribution in [0.15, 0.2) is 66.3 Å². The van der Waals surface area contributed by atoms with Crippen molar-refractivity contribution in [1.82, 2.24) is 5.43 Å². The zero-order valence-electron chi connectivity index (χ0n) is 14.2. The molecule has 2 aromatic rings. The summed E-state index contributed by atoms with van der Waals surface area (Å²) in [5.74, 6) is 1.67.